The lowest BCUT2D eigenvalue weighted by molar-refractivity contribution is -0.159. The predicted molar refractivity (Wildman–Crippen MR) is 113 cm³/mol. The molecule has 0 N–H and O–H groups in total. The highest BCUT2D eigenvalue weighted by Crippen LogP contribution is 2.37. The van der Waals surface area contributed by atoms with Crippen LogP contribution < -0.4 is 0 Å². The molecule has 1 aliphatic rings. The smallest absolute Gasteiger partial charge is 0.313 e. The summed E-state index contributed by atoms with van der Waals surface area (Å²) in [6.45, 7) is 4.59. The lowest BCUT2D eigenvalue weighted by Gasteiger charge is -2.41. The van der Waals surface area contributed by atoms with Gasteiger partial charge in [0.25, 0.3) is 5.91 Å². The molecule has 1 fully saturated rings. The van der Waals surface area contributed by atoms with Crippen LogP contribution in [0.4, 0.5) is 0 Å². The SMILES string of the molecule is CCOC(=O)[C@@]1(CCc2ccccc2)CCCN(C(=O)c2ccc(C(C)=O)s2)C1. The first-order valence-corrected chi connectivity index (χ1v) is 10.9. The number of rotatable bonds is 7. The van der Waals surface area contributed by atoms with E-state index in [1.807, 2.05) is 25.1 Å². The Labute approximate surface area is 175 Å². The Hall–Kier alpha value is -2.47. The molecule has 6 heteroatoms. The number of ketones is 1. The van der Waals surface area contributed by atoms with Crippen LogP contribution in [0, 0.1) is 5.41 Å². The molecule has 2 heterocycles. The number of carbonyl (C=O) groups is 3. The average molecular weight is 414 g/mol. The van der Waals surface area contributed by atoms with Gasteiger partial charge in [-0.3, -0.25) is 14.4 Å². The van der Waals surface area contributed by atoms with E-state index in [4.69, 9.17) is 4.74 Å². The van der Waals surface area contributed by atoms with Gasteiger partial charge in [-0.05, 0) is 57.2 Å². The van der Waals surface area contributed by atoms with Crippen molar-refractivity contribution in [2.45, 2.75) is 39.5 Å². The summed E-state index contributed by atoms with van der Waals surface area (Å²) in [7, 11) is 0. The lowest BCUT2D eigenvalue weighted by atomic mass is 9.75. The zero-order valence-electron chi connectivity index (χ0n) is 17.0. The second kappa shape index (κ2) is 9.35. The topological polar surface area (TPSA) is 63.7 Å². The maximum absolute atomic E-state index is 13.1. The number of hydrogen-bond acceptors (Lipinski definition) is 5. The largest absolute Gasteiger partial charge is 0.466 e. The third kappa shape index (κ3) is 4.93. The maximum atomic E-state index is 13.1. The monoisotopic (exact) mass is 413 g/mol. The summed E-state index contributed by atoms with van der Waals surface area (Å²) in [5.41, 5.74) is 0.476. The fourth-order valence-electron chi connectivity index (χ4n) is 3.89. The first-order chi connectivity index (χ1) is 13.9. The number of aryl methyl sites for hydroxylation is 1. The number of nitrogens with zero attached hydrogens (tertiary/aromatic N) is 1. The van der Waals surface area contributed by atoms with Gasteiger partial charge in [-0.2, -0.15) is 0 Å². The normalized spacial score (nSPS) is 19.0. The summed E-state index contributed by atoms with van der Waals surface area (Å²) >= 11 is 1.21. The minimum Gasteiger partial charge on any atom is -0.466 e. The van der Waals surface area contributed by atoms with E-state index in [9.17, 15) is 14.4 Å². The van der Waals surface area contributed by atoms with E-state index >= 15 is 0 Å². The number of amides is 1. The molecule has 3 rings (SSSR count). The van der Waals surface area contributed by atoms with Gasteiger partial charge in [0.05, 0.1) is 21.8 Å². The number of piperidine rings is 1. The van der Waals surface area contributed by atoms with Crippen LogP contribution in [0.15, 0.2) is 42.5 Å². The van der Waals surface area contributed by atoms with Crippen molar-refractivity contribution in [1.82, 2.24) is 4.90 Å². The Morgan fingerprint density at radius 1 is 1.10 bits per heavy atom. The molecule has 1 aliphatic heterocycles. The van der Waals surface area contributed by atoms with Crippen molar-refractivity contribution in [2.75, 3.05) is 19.7 Å². The number of Topliss-reactive ketones (excluding diaryl/α,β-unsaturated/α-hetero) is 1. The first kappa shape index (κ1) is 21.2. The van der Waals surface area contributed by atoms with Gasteiger partial charge in [-0.1, -0.05) is 30.3 Å². The third-order valence-electron chi connectivity index (χ3n) is 5.47. The summed E-state index contributed by atoms with van der Waals surface area (Å²) in [6.07, 6.45) is 2.87. The second-order valence-electron chi connectivity index (χ2n) is 7.54. The molecule has 5 nitrogen and oxygen atoms in total. The Kier molecular flexibility index (Phi) is 6.85. The predicted octanol–water partition coefficient (Wildman–Crippen LogP) is 4.37. The van der Waals surface area contributed by atoms with Crippen LogP contribution in [0.5, 0.6) is 0 Å². The molecule has 154 valence electrons. The van der Waals surface area contributed by atoms with Crippen LogP contribution >= 0.6 is 11.3 Å². The van der Waals surface area contributed by atoms with Crippen molar-refractivity contribution in [3.8, 4) is 0 Å². The van der Waals surface area contributed by atoms with Crippen molar-refractivity contribution in [3.63, 3.8) is 0 Å². The second-order valence-corrected chi connectivity index (χ2v) is 8.62. The van der Waals surface area contributed by atoms with Crippen LogP contribution in [0.25, 0.3) is 0 Å². The summed E-state index contributed by atoms with van der Waals surface area (Å²) < 4.78 is 5.42. The Bertz CT molecular complexity index is 876. The molecule has 1 aromatic heterocycles. The third-order valence-corrected chi connectivity index (χ3v) is 6.65. The number of hydrogen-bond donors (Lipinski definition) is 0. The molecular formula is C23H27NO4S. The molecule has 0 radical (unpaired) electrons. The van der Waals surface area contributed by atoms with Crippen LogP contribution in [-0.4, -0.2) is 42.3 Å². The summed E-state index contributed by atoms with van der Waals surface area (Å²) in [5.74, 6) is -0.379. The van der Waals surface area contributed by atoms with Gasteiger partial charge < -0.3 is 9.64 Å². The van der Waals surface area contributed by atoms with Gasteiger partial charge in [0.15, 0.2) is 5.78 Å². The molecule has 1 saturated heterocycles. The molecule has 1 amide bonds. The Morgan fingerprint density at radius 2 is 1.83 bits per heavy atom. The van der Waals surface area contributed by atoms with Crippen LogP contribution in [-0.2, 0) is 16.0 Å². The highest BCUT2D eigenvalue weighted by molar-refractivity contribution is 7.15. The van der Waals surface area contributed by atoms with Crippen molar-refractivity contribution in [1.29, 1.82) is 0 Å². The lowest BCUT2D eigenvalue weighted by Crippen LogP contribution is -2.50. The quantitative estimate of drug-likeness (QED) is 0.499. The fourth-order valence-corrected chi connectivity index (χ4v) is 4.76. The Morgan fingerprint density at radius 3 is 2.48 bits per heavy atom. The van der Waals surface area contributed by atoms with E-state index in [1.165, 1.54) is 23.8 Å². The average Bonchev–Trinajstić information content (AvgIpc) is 3.23. The zero-order valence-corrected chi connectivity index (χ0v) is 17.8. The minimum atomic E-state index is -0.694. The van der Waals surface area contributed by atoms with Crippen LogP contribution in [0.2, 0.25) is 0 Å². The van der Waals surface area contributed by atoms with Crippen molar-refractivity contribution in [3.05, 3.63) is 57.8 Å². The van der Waals surface area contributed by atoms with E-state index < -0.39 is 5.41 Å². The number of likely N-dealkylation sites (tertiary alicyclic amines) is 1. The number of esters is 1. The number of ether oxygens (including phenoxy) is 1. The summed E-state index contributed by atoms with van der Waals surface area (Å²) in [6, 6.07) is 13.5. The molecule has 0 bridgehead atoms. The molecule has 1 aromatic carbocycles. The first-order valence-electron chi connectivity index (χ1n) is 10.1. The van der Waals surface area contributed by atoms with Crippen molar-refractivity contribution < 1.29 is 19.1 Å². The number of benzene rings is 1. The molecule has 29 heavy (non-hydrogen) atoms. The molecule has 2 aromatic rings. The van der Waals surface area contributed by atoms with Crippen LogP contribution in [0.1, 0.15) is 58.0 Å². The van der Waals surface area contributed by atoms with E-state index in [2.05, 4.69) is 12.1 Å². The van der Waals surface area contributed by atoms with Gasteiger partial charge in [0.1, 0.15) is 0 Å². The van der Waals surface area contributed by atoms with Gasteiger partial charge in [-0.15, -0.1) is 11.3 Å². The van der Waals surface area contributed by atoms with E-state index in [1.54, 1.807) is 17.0 Å². The summed E-state index contributed by atoms with van der Waals surface area (Å²) in [4.78, 5) is 40.4. The number of carbonyl (C=O) groups excluding carboxylic acids is 3. The molecule has 0 saturated carbocycles. The molecule has 1 atom stereocenters. The van der Waals surface area contributed by atoms with Gasteiger partial charge >= 0.3 is 5.97 Å². The van der Waals surface area contributed by atoms with Gasteiger partial charge in [0.2, 0.25) is 0 Å². The highest BCUT2D eigenvalue weighted by atomic mass is 32.1. The van der Waals surface area contributed by atoms with Gasteiger partial charge in [-0.25, -0.2) is 0 Å². The van der Waals surface area contributed by atoms with Crippen LogP contribution in [0.3, 0.4) is 0 Å². The van der Waals surface area contributed by atoms with E-state index in [0.717, 1.165) is 12.8 Å². The van der Waals surface area contributed by atoms with E-state index in [0.29, 0.717) is 42.3 Å². The minimum absolute atomic E-state index is 0.0450. The summed E-state index contributed by atoms with van der Waals surface area (Å²) in [5, 5.41) is 0. The molecule has 0 spiro atoms. The molecular weight excluding hydrogens is 386 g/mol. The van der Waals surface area contributed by atoms with Crippen molar-refractivity contribution in [2.24, 2.45) is 5.41 Å². The van der Waals surface area contributed by atoms with Gasteiger partial charge in [0, 0.05) is 13.1 Å². The van der Waals surface area contributed by atoms with E-state index in [-0.39, 0.29) is 17.7 Å². The zero-order chi connectivity index (χ0) is 20.9. The molecule has 0 aliphatic carbocycles. The standard InChI is InChI=1S/C23H27NO4S/c1-3-28-22(27)23(14-12-18-8-5-4-6-9-18)13-7-15-24(16-23)21(26)20-11-10-19(29-20)17(2)25/h4-6,8-11H,3,7,12-16H2,1-2H3/t23-/m1/s1. The fraction of sp³-hybridized carbons (Fsp3) is 0.435. The highest BCUT2D eigenvalue weighted by Gasteiger charge is 2.44. The Balaban J connectivity index is 1.79. The molecule has 0 unspecified atom stereocenters. The number of thiophene rings is 1. The van der Waals surface area contributed by atoms with Crippen molar-refractivity contribution >= 4 is 29.0 Å². The maximum Gasteiger partial charge on any atom is 0.313 e.